The number of anilines is 1. The Morgan fingerprint density at radius 2 is 2.08 bits per heavy atom. The molecule has 2 aromatic carbocycles. The van der Waals surface area contributed by atoms with E-state index in [-0.39, 0.29) is 17.9 Å². The van der Waals surface area contributed by atoms with Crippen LogP contribution in [-0.4, -0.2) is 12.6 Å². The first-order chi connectivity index (χ1) is 12.6. The molecular formula is C21H19Cl2NO2. The van der Waals surface area contributed by atoms with Crippen LogP contribution in [0.15, 0.2) is 48.6 Å². The first-order valence-electron chi connectivity index (χ1n) is 8.78. The third-order valence-corrected chi connectivity index (χ3v) is 5.93. The number of para-hydroxylation sites is 1. The van der Waals surface area contributed by atoms with E-state index in [4.69, 9.17) is 27.9 Å². The SMILES string of the molecule is CCOC(=O)c1cccc2c1N[C@H](c1ccc(Cl)c(Cl)c1)[C@@H]1CC=C[C@@H]21. The summed E-state index contributed by atoms with van der Waals surface area (Å²) >= 11 is 12.3. The van der Waals surface area contributed by atoms with Crippen molar-refractivity contribution in [2.24, 2.45) is 5.92 Å². The highest BCUT2D eigenvalue weighted by Crippen LogP contribution is 2.51. The number of halogens is 2. The van der Waals surface area contributed by atoms with Gasteiger partial charge in [0.2, 0.25) is 0 Å². The minimum Gasteiger partial charge on any atom is -0.462 e. The van der Waals surface area contributed by atoms with Gasteiger partial charge in [0.25, 0.3) is 0 Å². The number of benzene rings is 2. The highest BCUT2D eigenvalue weighted by atomic mass is 35.5. The molecular weight excluding hydrogens is 369 g/mol. The molecule has 0 unspecified atom stereocenters. The van der Waals surface area contributed by atoms with Crippen molar-refractivity contribution in [2.45, 2.75) is 25.3 Å². The van der Waals surface area contributed by atoms with Crippen LogP contribution in [0.4, 0.5) is 5.69 Å². The number of fused-ring (bicyclic) bond motifs is 3. The first-order valence-corrected chi connectivity index (χ1v) is 9.54. The zero-order valence-corrected chi connectivity index (χ0v) is 15.8. The van der Waals surface area contributed by atoms with Gasteiger partial charge in [-0.05, 0) is 48.6 Å². The molecule has 0 radical (unpaired) electrons. The third-order valence-electron chi connectivity index (χ3n) is 5.19. The topological polar surface area (TPSA) is 38.3 Å². The van der Waals surface area contributed by atoms with E-state index < -0.39 is 0 Å². The monoisotopic (exact) mass is 387 g/mol. The van der Waals surface area contributed by atoms with Gasteiger partial charge in [-0.25, -0.2) is 4.79 Å². The maximum absolute atomic E-state index is 12.4. The quantitative estimate of drug-likeness (QED) is 0.518. The number of hydrogen-bond donors (Lipinski definition) is 1. The molecule has 0 saturated heterocycles. The Hall–Kier alpha value is -1.97. The fourth-order valence-corrected chi connectivity index (χ4v) is 4.34. The number of ether oxygens (including phenoxy) is 1. The number of hydrogen-bond acceptors (Lipinski definition) is 3. The maximum atomic E-state index is 12.4. The highest BCUT2D eigenvalue weighted by Gasteiger charge is 2.39. The molecule has 1 aliphatic heterocycles. The molecule has 0 spiro atoms. The molecule has 1 N–H and O–H groups in total. The highest BCUT2D eigenvalue weighted by molar-refractivity contribution is 6.42. The van der Waals surface area contributed by atoms with Gasteiger partial charge in [0.1, 0.15) is 0 Å². The van der Waals surface area contributed by atoms with Gasteiger partial charge in [0, 0.05) is 5.92 Å². The van der Waals surface area contributed by atoms with Crippen LogP contribution in [0.2, 0.25) is 10.0 Å². The van der Waals surface area contributed by atoms with E-state index in [1.165, 1.54) is 0 Å². The lowest BCUT2D eigenvalue weighted by atomic mass is 9.76. The molecule has 0 saturated carbocycles. The largest absolute Gasteiger partial charge is 0.462 e. The Bertz CT molecular complexity index is 894. The molecule has 134 valence electrons. The van der Waals surface area contributed by atoms with Crippen LogP contribution < -0.4 is 5.32 Å². The van der Waals surface area contributed by atoms with Gasteiger partial charge < -0.3 is 10.1 Å². The third kappa shape index (κ3) is 2.89. The molecule has 1 heterocycles. The van der Waals surface area contributed by atoms with Gasteiger partial charge in [-0.15, -0.1) is 0 Å². The number of nitrogens with one attached hydrogen (secondary N) is 1. The molecule has 0 aromatic heterocycles. The van der Waals surface area contributed by atoms with Gasteiger partial charge in [-0.1, -0.05) is 53.6 Å². The predicted molar refractivity (Wildman–Crippen MR) is 105 cm³/mol. The summed E-state index contributed by atoms with van der Waals surface area (Å²) in [6.07, 6.45) is 5.43. The summed E-state index contributed by atoms with van der Waals surface area (Å²) < 4.78 is 5.25. The van der Waals surface area contributed by atoms with Crippen molar-refractivity contribution in [3.63, 3.8) is 0 Å². The van der Waals surface area contributed by atoms with Crippen molar-refractivity contribution >= 4 is 34.9 Å². The van der Waals surface area contributed by atoms with Crippen LogP contribution in [0.3, 0.4) is 0 Å². The molecule has 0 amide bonds. The summed E-state index contributed by atoms with van der Waals surface area (Å²) in [5, 5.41) is 4.68. The summed E-state index contributed by atoms with van der Waals surface area (Å²) in [6, 6.07) is 11.6. The van der Waals surface area contributed by atoms with Crippen LogP contribution >= 0.6 is 23.2 Å². The minimum atomic E-state index is -0.301. The lowest BCUT2D eigenvalue weighted by molar-refractivity contribution is 0.0527. The van der Waals surface area contributed by atoms with Crippen molar-refractivity contribution < 1.29 is 9.53 Å². The summed E-state index contributed by atoms with van der Waals surface area (Å²) in [6.45, 7) is 2.17. The summed E-state index contributed by atoms with van der Waals surface area (Å²) in [5.74, 6) is 0.336. The van der Waals surface area contributed by atoms with E-state index in [0.717, 1.165) is 23.2 Å². The number of allylic oxidation sites excluding steroid dienone is 2. The first kappa shape index (κ1) is 17.4. The van der Waals surface area contributed by atoms with Gasteiger partial charge in [-0.2, -0.15) is 0 Å². The van der Waals surface area contributed by atoms with Crippen LogP contribution in [0.1, 0.15) is 46.8 Å². The van der Waals surface area contributed by atoms with Gasteiger partial charge in [0.05, 0.1) is 33.9 Å². The second-order valence-electron chi connectivity index (χ2n) is 6.64. The van der Waals surface area contributed by atoms with Crippen molar-refractivity contribution in [1.29, 1.82) is 0 Å². The molecule has 1 aliphatic carbocycles. The van der Waals surface area contributed by atoms with E-state index >= 15 is 0 Å². The van der Waals surface area contributed by atoms with Crippen LogP contribution in [0, 0.1) is 5.92 Å². The van der Waals surface area contributed by atoms with Crippen molar-refractivity contribution in [3.05, 3.63) is 75.3 Å². The number of esters is 1. The average molecular weight is 388 g/mol. The Balaban J connectivity index is 1.80. The molecule has 5 heteroatoms. The lowest BCUT2D eigenvalue weighted by Gasteiger charge is -2.38. The maximum Gasteiger partial charge on any atom is 0.340 e. The van der Waals surface area contributed by atoms with Crippen molar-refractivity contribution in [1.82, 2.24) is 0 Å². The zero-order valence-electron chi connectivity index (χ0n) is 14.3. The molecule has 2 aliphatic rings. The molecule has 0 bridgehead atoms. The number of rotatable bonds is 3. The predicted octanol–water partition coefficient (Wildman–Crippen LogP) is 6.00. The van der Waals surface area contributed by atoms with E-state index in [1.807, 2.05) is 37.3 Å². The van der Waals surface area contributed by atoms with Crippen LogP contribution in [0.25, 0.3) is 0 Å². The Morgan fingerprint density at radius 3 is 2.85 bits per heavy atom. The van der Waals surface area contributed by atoms with Crippen LogP contribution in [-0.2, 0) is 4.74 Å². The summed E-state index contributed by atoms with van der Waals surface area (Å²) in [4.78, 5) is 12.4. The minimum absolute atomic E-state index is 0.0489. The molecule has 3 nitrogen and oxygen atoms in total. The van der Waals surface area contributed by atoms with Crippen molar-refractivity contribution in [3.8, 4) is 0 Å². The van der Waals surface area contributed by atoms with Gasteiger partial charge >= 0.3 is 5.97 Å². The lowest BCUT2D eigenvalue weighted by Crippen LogP contribution is -2.30. The second kappa shape index (κ2) is 6.98. The van der Waals surface area contributed by atoms with E-state index in [0.29, 0.717) is 28.1 Å². The number of carbonyl (C=O) groups is 1. The van der Waals surface area contributed by atoms with E-state index in [2.05, 4.69) is 23.5 Å². The standard InChI is InChI=1S/C21H19Cl2NO2/c1-2-26-21(25)16-8-4-7-15-13-5-3-6-14(13)19(24-20(15)16)12-9-10-17(22)18(23)11-12/h3-5,7-11,13-14,19,24H,2,6H2,1H3/t13-,14-,19-/m1/s1. The molecule has 26 heavy (non-hydrogen) atoms. The molecule has 2 aromatic rings. The Labute approximate surface area is 163 Å². The molecule has 3 atom stereocenters. The molecule has 4 rings (SSSR count). The molecule has 0 fully saturated rings. The summed E-state index contributed by atoms with van der Waals surface area (Å²) in [7, 11) is 0. The summed E-state index contributed by atoms with van der Waals surface area (Å²) in [5.41, 5.74) is 3.65. The average Bonchev–Trinajstić information content (AvgIpc) is 3.13. The fourth-order valence-electron chi connectivity index (χ4n) is 4.04. The normalized spacial score (nSPS) is 23.1. The van der Waals surface area contributed by atoms with Crippen molar-refractivity contribution in [2.75, 3.05) is 11.9 Å². The zero-order chi connectivity index (χ0) is 18.3. The van der Waals surface area contributed by atoms with E-state index in [1.54, 1.807) is 0 Å². The smallest absolute Gasteiger partial charge is 0.340 e. The van der Waals surface area contributed by atoms with E-state index in [9.17, 15) is 4.79 Å². The second-order valence-corrected chi connectivity index (χ2v) is 7.45. The van der Waals surface area contributed by atoms with Crippen LogP contribution in [0.5, 0.6) is 0 Å². The number of carbonyl (C=O) groups excluding carboxylic acids is 1. The fraction of sp³-hybridized carbons (Fsp3) is 0.286. The Morgan fingerprint density at radius 1 is 1.23 bits per heavy atom. The van der Waals surface area contributed by atoms with Gasteiger partial charge in [0.15, 0.2) is 0 Å². The van der Waals surface area contributed by atoms with Gasteiger partial charge in [-0.3, -0.25) is 0 Å². The Kier molecular flexibility index (Phi) is 4.68.